The molecule has 0 aliphatic heterocycles. The minimum absolute atomic E-state index is 0.0469. The molecule has 6 nitrogen and oxygen atoms in total. The summed E-state index contributed by atoms with van der Waals surface area (Å²) >= 11 is 0. The summed E-state index contributed by atoms with van der Waals surface area (Å²) in [7, 11) is -3.53. The Kier molecular flexibility index (Phi) is 6.22. The van der Waals surface area contributed by atoms with E-state index in [-0.39, 0.29) is 23.9 Å². The predicted molar refractivity (Wildman–Crippen MR) is 86.3 cm³/mol. The first kappa shape index (κ1) is 18.3. The van der Waals surface area contributed by atoms with Gasteiger partial charge < -0.3 is 14.4 Å². The summed E-state index contributed by atoms with van der Waals surface area (Å²) in [6.45, 7) is 8.15. The number of hydrogen-bond donors (Lipinski definition) is 1. The summed E-state index contributed by atoms with van der Waals surface area (Å²) in [6, 6.07) is 6.65. The van der Waals surface area contributed by atoms with Crippen LogP contribution in [-0.4, -0.2) is 37.7 Å². The lowest BCUT2D eigenvalue weighted by Crippen LogP contribution is -2.45. The average molecular weight is 328 g/mol. The van der Waals surface area contributed by atoms with Gasteiger partial charge in [0.05, 0.1) is 6.26 Å². The SMILES string of the molecule is CC(C)NC(=O)N(Cc1ccc(OS(C)(=O)=O)cc1)C(C)C. The average Bonchev–Trinajstić information content (AvgIpc) is 2.34. The Bertz CT molecular complexity index is 594. The van der Waals surface area contributed by atoms with E-state index in [1.54, 1.807) is 29.2 Å². The van der Waals surface area contributed by atoms with Crippen molar-refractivity contribution < 1.29 is 17.4 Å². The number of hydrogen-bond acceptors (Lipinski definition) is 4. The summed E-state index contributed by atoms with van der Waals surface area (Å²) in [4.78, 5) is 13.9. The highest BCUT2D eigenvalue weighted by molar-refractivity contribution is 7.86. The van der Waals surface area contributed by atoms with E-state index in [0.29, 0.717) is 6.54 Å². The largest absolute Gasteiger partial charge is 0.383 e. The minimum atomic E-state index is -3.53. The van der Waals surface area contributed by atoms with E-state index in [4.69, 9.17) is 4.18 Å². The fourth-order valence-corrected chi connectivity index (χ4v) is 2.30. The van der Waals surface area contributed by atoms with Crippen molar-refractivity contribution in [3.63, 3.8) is 0 Å². The van der Waals surface area contributed by atoms with Gasteiger partial charge in [-0.3, -0.25) is 0 Å². The second-order valence-electron chi connectivity index (χ2n) is 5.76. The molecule has 0 unspecified atom stereocenters. The Morgan fingerprint density at radius 1 is 1.18 bits per heavy atom. The molecule has 0 aromatic heterocycles. The van der Waals surface area contributed by atoms with Gasteiger partial charge in [0, 0.05) is 18.6 Å². The Morgan fingerprint density at radius 3 is 2.14 bits per heavy atom. The fourth-order valence-electron chi connectivity index (χ4n) is 1.84. The third-order valence-corrected chi connectivity index (χ3v) is 3.32. The molecule has 0 aliphatic carbocycles. The number of urea groups is 1. The van der Waals surface area contributed by atoms with Crippen LogP contribution in [-0.2, 0) is 16.7 Å². The van der Waals surface area contributed by atoms with Gasteiger partial charge in [0.2, 0.25) is 0 Å². The van der Waals surface area contributed by atoms with Crippen molar-refractivity contribution >= 4 is 16.1 Å². The highest BCUT2D eigenvalue weighted by Gasteiger charge is 2.18. The second kappa shape index (κ2) is 7.49. The second-order valence-corrected chi connectivity index (χ2v) is 7.33. The molecule has 1 N–H and O–H groups in total. The standard InChI is InChI=1S/C15H24N2O4S/c1-11(2)16-15(18)17(12(3)4)10-13-6-8-14(9-7-13)21-22(5,19)20/h6-9,11-12H,10H2,1-5H3,(H,16,18). The number of nitrogens with one attached hydrogen (secondary N) is 1. The zero-order valence-electron chi connectivity index (χ0n) is 13.7. The lowest BCUT2D eigenvalue weighted by atomic mass is 10.2. The molecule has 0 spiro atoms. The molecule has 0 aliphatic rings. The van der Waals surface area contributed by atoms with Crippen LogP contribution in [0.1, 0.15) is 33.3 Å². The van der Waals surface area contributed by atoms with Crippen LogP contribution in [0.4, 0.5) is 4.79 Å². The maximum atomic E-state index is 12.2. The molecule has 0 bridgehead atoms. The van der Waals surface area contributed by atoms with Crippen LogP contribution in [0.3, 0.4) is 0 Å². The van der Waals surface area contributed by atoms with Crippen LogP contribution in [0.2, 0.25) is 0 Å². The van der Waals surface area contributed by atoms with Crippen molar-refractivity contribution in [2.24, 2.45) is 0 Å². The highest BCUT2D eigenvalue weighted by Crippen LogP contribution is 2.16. The topological polar surface area (TPSA) is 75.7 Å². The Balaban J connectivity index is 2.80. The van der Waals surface area contributed by atoms with E-state index in [9.17, 15) is 13.2 Å². The van der Waals surface area contributed by atoms with Crippen LogP contribution in [0, 0.1) is 0 Å². The molecule has 1 rings (SSSR count). The first-order valence-corrected chi connectivity index (χ1v) is 8.95. The lowest BCUT2D eigenvalue weighted by Gasteiger charge is -2.28. The normalized spacial score (nSPS) is 11.6. The Morgan fingerprint density at radius 2 is 1.73 bits per heavy atom. The van der Waals surface area contributed by atoms with Crippen LogP contribution in [0.5, 0.6) is 5.75 Å². The fraction of sp³-hybridized carbons (Fsp3) is 0.533. The molecule has 0 atom stereocenters. The smallest absolute Gasteiger partial charge is 0.318 e. The summed E-state index contributed by atoms with van der Waals surface area (Å²) in [6.07, 6.45) is 0.998. The van der Waals surface area contributed by atoms with Gasteiger partial charge in [-0.05, 0) is 45.4 Å². The van der Waals surface area contributed by atoms with Crippen molar-refractivity contribution in [3.8, 4) is 5.75 Å². The summed E-state index contributed by atoms with van der Waals surface area (Å²) in [5.74, 6) is 0.258. The van der Waals surface area contributed by atoms with E-state index >= 15 is 0 Å². The molecule has 124 valence electrons. The van der Waals surface area contributed by atoms with Gasteiger partial charge in [0.15, 0.2) is 0 Å². The quantitative estimate of drug-likeness (QED) is 0.813. The van der Waals surface area contributed by atoms with Gasteiger partial charge in [-0.1, -0.05) is 12.1 Å². The maximum absolute atomic E-state index is 12.2. The van der Waals surface area contributed by atoms with E-state index in [0.717, 1.165) is 11.8 Å². The van der Waals surface area contributed by atoms with Crippen LogP contribution < -0.4 is 9.50 Å². The molecule has 0 heterocycles. The van der Waals surface area contributed by atoms with Gasteiger partial charge >= 0.3 is 16.1 Å². The van der Waals surface area contributed by atoms with Crippen molar-refractivity contribution in [1.82, 2.24) is 10.2 Å². The number of carbonyl (C=O) groups excluding carboxylic acids is 1. The summed E-state index contributed by atoms with van der Waals surface area (Å²) in [5.41, 5.74) is 0.897. The summed E-state index contributed by atoms with van der Waals surface area (Å²) in [5, 5.41) is 2.87. The first-order chi connectivity index (χ1) is 10.1. The van der Waals surface area contributed by atoms with Gasteiger partial charge in [-0.15, -0.1) is 0 Å². The lowest BCUT2D eigenvalue weighted by molar-refractivity contribution is 0.177. The molecule has 0 radical (unpaired) electrons. The number of carbonyl (C=O) groups is 1. The van der Waals surface area contributed by atoms with Crippen molar-refractivity contribution in [1.29, 1.82) is 0 Å². The molecule has 0 saturated heterocycles. The van der Waals surface area contributed by atoms with Crippen LogP contribution in [0.25, 0.3) is 0 Å². The van der Waals surface area contributed by atoms with E-state index in [2.05, 4.69) is 5.32 Å². The Hall–Kier alpha value is -1.76. The zero-order valence-corrected chi connectivity index (χ0v) is 14.5. The van der Waals surface area contributed by atoms with Crippen LogP contribution in [0.15, 0.2) is 24.3 Å². The molecule has 0 fully saturated rings. The third kappa shape index (κ3) is 6.34. The maximum Gasteiger partial charge on any atom is 0.318 e. The van der Waals surface area contributed by atoms with Gasteiger partial charge in [-0.25, -0.2) is 4.79 Å². The number of amides is 2. The molecule has 0 saturated carbocycles. The van der Waals surface area contributed by atoms with E-state index in [1.807, 2.05) is 27.7 Å². The van der Waals surface area contributed by atoms with Crippen molar-refractivity contribution in [2.75, 3.05) is 6.26 Å². The van der Waals surface area contributed by atoms with Crippen molar-refractivity contribution in [3.05, 3.63) is 29.8 Å². The van der Waals surface area contributed by atoms with E-state index in [1.165, 1.54) is 0 Å². The molecule has 2 amide bonds. The number of rotatable bonds is 6. The van der Waals surface area contributed by atoms with E-state index < -0.39 is 10.1 Å². The van der Waals surface area contributed by atoms with Crippen molar-refractivity contribution in [2.45, 2.75) is 46.3 Å². The third-order valence-electron chi connectivity index (χ3n) is 2.82. The number of benzene rings is 1. The first-order valence-electron chi connectivity index (χ1n) is 7.14. The molecule has 1 aromatic rings. The number of nitrogens with zero attached hydrogens (tertiary/aromatic N) is 1. The molecular weight excluding hydrogens is 304 g/mol. The molecule has 22 heavy (non-hydrogen) atoms. The Labute approximate surface area is 132 Å². The minimum Gasteiger partial charge on any atom is -0.383 e. The zero-order chi connectivity index (χ0) is 16.9. The van der Waals surface area contributed by atoms with Gasteiger partial charge in [0.1, 0.15) is 5.75 Å². The highest BCUT2D eigenvalue weighted by atomic mass is 32.2. The van der Waals surface area contributed by atoms with Gasteiger partial charge in [-0.2, -0.15) is 8.42 Å². The molecule has 7 heteroatoms. The van der Waals surface area contributed by atoms with Gasteiger partial charge in [0.25, 0.3) is 0 Å². The monoisotopic (exact) mass is 328 g/mol. The summed E-state index contributed by atoms with van der Waals surface area (Å²) < 4.78 is 26.9. The predicted octanol–water partition coefficient (Wildman–Crippen LogP) is 2.35. The molecular formula is C15H24N2O4S. The molecule has 1 aromatic carbocycles. The van der Waals surface area contributed by atoms with Crippen LogP contribution >= 0.6 is 0 Å².